The molecule has 1 saturated heterocycles. The van der Waals surface area contributed by atoms with Crippen LogP contribution in [-0.2, 0) is 27.1 Å². The molecule has 7 aliphatic rings. The SMILES string of the molecule is CCCC1C2(O)CC(O)C3C4(C)CCC5(CCCCCC6CCCCC6)C6CC(C)(C(=O)O)CCC6(C)CCC5(C)C4CCC13C(Cc1ccc(CCOC)cc1)O2. The van der Waals surface area contributed by atoms with Crippen LogP contribution < -0.4 is 0 Å². The second-order valence-corrected chi connectivity index (χ2v) is 23.0. The number of rotatable bonds is 14. The molecule has 6 aliphatic carbocycles. The molecule has 6 saturated carbocycles. The molecule has 7 fully saturated rings. The molecule has 1 aromatic rings. The largest absolute Gasteiger partial charge is 0.481 e. The second kappa shape index (κ2) is 16.0. The Morgan fingerprint density at radius 3 is 2.26 bits per heavy atom. The van der Waals surface area contributed by atoms with Gasteiger partial charge in [0.1, 0.15) is 0 Å². The van der Waals surface area contributed by atoms with Gasteiger partial charge in [0.25, 0.3) is 0 Å². The van der Waals surface area contributed by atoms with Crippen molar-refractivity contribution in [1.29, 1.82) is 0 Å². The van der Waals surface area contributed by atoms with Crippen molar-refractivity contribution in [2.75, 3.05) is 13.7 Å². The summed E-state index contributed by atoms with van der Waals surface area (Å²) in [6.07, 6.45) is 26.0. The van der Waals surface area contributed by atoms with Gasteiger partial charge in [-0.15, -0.1) is 0 Å². The molecule has 0 amide bonds. The molecule has 6 nitrogen and oxygen atoms in total. The van der Waals surface area contributed by atoms with Crippen LogP contribution in [0.15, 0.2) is 24.3 Å². The zero-order valence-electron chi connectivity index (χ0n) is 37.6. The maximum Gasteiger partial charge on any atom is 0.309 e. The van der Waals surface area contributed by atoms with E-state index in [9.17, 15) is 20.1 Å². The number of carbonyl (C=O) groups is 1. The Hall–Kier alpha value is -1.47. The van der Waals surface area contributed by atoms with Gasteiger partial charge in [-0.25, -0.2) is 0 Å². The van der Waals surface area contributed by atoms with Crippen LogP contribution in [0.3, 0.4) is 0 Å². The van der Waals surface area contributed by atoms with Crippen LogP contribution in [0.4, 0.5) is 0 Å². The van der Waals surface area contributed by atoms with Gasteiger partial charge in [0.05, 0.1) is 24.2 Å². The molecule has 1 aromatic carbocycles. The first kappa shape index (κ1) is 43.2. The van der Waals surface area contributed by atoms with Crippen LogP contribution >= 0.6 is 0 Å². The van der Waals surface area contributed by atoms with E-state index in [-0.39, 0.29) is 45.0 Å². The quantitative estimate of drug-likeness (QED) is 0.162. The van der Waals surface area contributed by atoms with Crippen LogP contribution in [0.5, 0.6) is 0 Å². The highest BCUT2D eigenvalue weighted by Crippen LogP contribution is 2.81. The van der Waals surface area contributed by atoms with Gasteiger partial charge in [-0.3, -0.25) is 4.79 Å². The zero-order chi connectivity index (χ0) is 41.2. The van der Waals surface area contributed by atoms with Crippen molar-refractivity contribution in [3.8, 4) is 0 Å². The van der Waals surface area contributed by atoms with E-state index in [0.717, 1.165) is 76.5 Å². The third-order valence-corrected chi connectivity index (χ3v) is 20.2. The number of benzene rings is 1. The summed E-state index contributed by atoms with van der Waals surface area (Å²) in [6, 6.07) is 8.96. The lowest BCUT2D eigenvalue weighted by molar-refractivity contribution is -0.293. The molecule has 58 heavy (non-hydrogen) atoms. The first-order valence-electron chi connectivity index (χ1n) is 24.5. The second-order valence-electron chi connectivity index (χ2n) is 23.0. The number of aliphatic hydroxyl groups is 2. The molecule has 2 bridgehead atoms. The molecular formula is C52H82O6. The average molecular weight is 803 g/mol. The van der Waals surface area contributed by atoms with E-state index in [1.165, 1.54) is 88.2 Å². The summed E-state index contributed by atoms with van der Waals surface area (Å²) >= 11 is 0. The Morgan fingerprint density at radius 2 is 1.55 bits per heavy atom. The maximum atomic E-state index is 13.1. The Kier molecular flexibility index (Phi) is 11.9. The Balaban J connectivity index is 1.14. The lowest BCUT2D eigenvalue weighted by Gasteiger charge is -2.76. The zero-order valence-corrected chi connectivity index (χ0v) is 37.6. The van der Waals surface area contributed by atoms with Crippen LogP contribution in [0.25, 0.3) is 0 Å². The van der Waals surface area contributed by atoms with E-state index in [1.54, 1.807) is 7.11 Å². The minimum absolute atomic E-state index is 0.00933. The fraction of sp³-hybridized carbons (Fsp3) is 0.865. The Bertz CT molecular complexity index is 1600. The topological polar surface area (TPSA) is 96.2 Å². The first-order valence-corrected chi connectivity index (χ1v) is 24.5. The smallest absolute Gasteiger partial charge is 0.309 e. The standard InChI is InChI=1S/C52H82O6/c1-7-14-41-51-25-22-40-48(4,44(51)39(53)34-52(41,56)58-43(51)33-38-20-18-37(19-21-38)23-32-57-6)29-31-50(24-13-9-12-17-36-15-10-8-11-16-36)42-35-47(3,45(54)55)27-26-46(42,2)28-30-49(40,50)5/h18-21,36,39-44,53,56H,7-17,22-35H2,1-6H3,(H,54,55). The van der Waals surface area contributed by atoms with E-state index in [2.05, 4.69) is 58.9 Å². The van der Waals surface area contributed by atoms with Crippen LogP contribution in [0.1, 0.15) is 187 Å². The van der Waals surface area contributed by atoms with E-state index in [4.69, 9.17) is 9.47 Å². The number of aliphatic carboxylic acids is 1. The highest BCUT2D eigenvalue weighted by Gasteiger charge is 2.78. The summed E-state index contributed by atoms with van der Waals surface area (Å²) in [5.74, 6) is -0.0624. The van der Waals surface area contributed by atoms with Gasteiger partial charge >= 0.3 is 5.97 Å². The predicted molar refractivity (Wildman–Crippen MR) is 231 cm³/mol. The number of aliphatic hydroxyl groups excluding tert-OH is 1. The summed E-state index contributed by atoms with van der Waals surface area (Å²) in [4.78, 5) is 13.1. The van der Waals surface area contributed by atoms with Crippen molar-refractivity contribution in [3.63, 3.8) is 0 Å². The van der Waals surface area contributed by atoms with E-state index >= 15 is 0 Å². The highest BCUT2D eigenvalue weighted by molar-refractivity contribution is 5.74. The predicted octanol–water partition coefficient (Wildman–Crippen LogP) is 11.7. The number of hydrogen-bond donors (Lipinski definition) is 3. The molecule has 326 valence electrons. The van der Waals surface area contributed by atoms with E-state index in [0.29, 0.717) is 24.9 Å². The van der Waals surface area contributed by atoms with Gasteiger partial charge in [-0.1, -0.05) is 116 Å². The Morgan fingerprint density at radius 1 is 0.828 bits per heavy atom. The van der Waals surface area contributed by atoms with Crippen molar-refractivity contribution in [1.82, 2.24) is 0 Å². The van der Waals surface area contributed by atoms with Crippen LogP contribution in [0, 0.1) is 62.1 Å². The maximum absolute atomic E-state index is 13.1. The van der Waals surface area contributed by atoms with Crippen molar-refractivity contribution in [3.05, 3.63) is 35.4 Å². The highest BCUT2D eigenvalue weighted by atomic mass is 16.6. The van der Waals surface area contributed by atoms with Gasteiger partial charge in [0, 0.05) is 24.9 Å². The number of unbranched alkanes of at least 4 members (excludes halogenated alkanes) is 2. The van der Waals surface area contributed by atoms with Gasteiger partial charge in [-0.05, 0) is 147 Å². The molecule has 0 aromatic heterocycles. The lowest BCUT2D eigenvalue weighted by Crippen LogP contribution is -2.71. The summed E-state index contributed by atoms with van der Waals surface area (Å²) in [5, 5.41) is 35.9. The summed E-state index contributed by atoms with van der Waals surface area (Å²) in [7, 11) is 1.75. The summed E-state index contributed by atoms with van der Waals surface area (Å²) < 4.78 is 12.4. The number of fused-ring (bicyclic) bond motifs is 7. The Labute approximate surface area is 352 Å². The van der Waals surface area contributed by atoms with E-state index in [1.807, 2.05) is 0 Å². The number of ether oxygens (including phenoxy) is 2. The minimum Gasteiger partial charge on any atom is -0.481 e. The van der Waals surface area contributed by atoms with Crippen LogP contribution in [-0.4, -0.2) is 53.0 Å². The number of carboxylic acid groups (broad SMARTS) is 1. The number of hydrogen-bond acceptors (Lipinski definition) is 5. The lowest BCUT2D eigenvalue weighted by atomic mass is 9.28. The molecule has 1 heterocycles. The van der Waals surface area contributed by atoms with Crippen molar-refractivity contribution < 1.29 is 29.6 Å². The van der Waals surface area contributed by atoms with Crippen molar-refractivity contribution in [2.45, 2.75) is 207 Å². The first-order chi connectivity index (χ1) is 27.6. The van der Waals surface area contributed by atoms with Gasteiger partial charge in [-0.2, -0.15) is 0 Å². The molecule has 0 radical (unpaired) electrons. The molecule has 13 unspecified atom stereocenters. The average Bonchev–Trinajstić information content (AvgIpc) is 3.34. The summed E-state index contributed by atoms with van der Waals surface area (Å²) in [6.45, 7) is 12.8. The molecule has 6 heteroatoms. The molecule has 1 spiro atoms. The third kappa shape index (κ3) is 6.81. The molecular weight excluding hydrogens is 721 g/mol. The number of carboxylic acids is 1. The van der Waals surface area contributed by atoms with Gasteiger partial charge < -0.3 is 24.8 Å². The molecule has 8 rings (SSSR count). The number of methoxy groups -OCH3 is 1. The molecule has 1 aliphatic heterocycles. The summed E-state index contributed by atoms with van der Waals surface area (Å²) in [5.41, 5.74) is 1.79. The monoisotopic (exact) mass is 803 g/mol. The molecule has 3 N–H and O–H groups in total. The van der Waals surface area contributed by atoms with Gasteiger partial charge in [0.2, 0.25) is 0 Å². The fourth-order valence-corrected chi connectivity index (χ4v) is 17.3. The van der Waals surface area contributed by atoms with Crippen molar-refractivity contribution in [2.24, 2.45) is 62.1 Å². The fourth-order valence-electron chi connectivity index (χ4n) is 17.3. The van der Waals surface area contributed by atoms with Crippen LogP contribution in [0.2, 0.25) is 0 Å². The third-order valence-electron chi connectivity index (χ3n) is 20.2. The van der Waals surface area contributed by atoms with E-state index < -0.39 is 23.3 Å². The molecule has 13 atom stereocenters. The minimum atomic E-state index is -1.30. The van der Waals surface area contributed by atoms with Crippen molar-refractivity contribution >= 4 is 5.97 Å². The normalized spacial score (nSPS) is 46.1. The van der Waals surface area contributed by atoms with Gasteiger partial charge in [0.15, 0.2) is 5.79 Å².